The highest BCUT2D eigenvalue weighted by Gasteiger charge is 2.39. The van der Waals surface area contributed by atoms with Crippen LogP contribution < -0.4 is 5.32 Å². The van der Waals surface area contributed by atoms with Gasteiger partial charge in [0.2, 0.25) is 0 Å². The van der Waals surface area contributed by atoms with Crippen LogP contribution in [0.5, 0.6) is 0 Å². The topological polar surface area (TPSA) is 49.4 Å². The van der Waals surface area contributed by atoms with Crippen molar-refractivity contribution in [1.29, 1.82) is 0 Å². The van der Waals surface area contributed by atoms with Gasteiger partial charge in [-0.25, -0.2) is 0 Å². The molecule has 3 aromatic carbocycles. The molecule has 0 saturated carbocycles. The molecule has 4 nitrogen and oxygen atoms in total. The van der Waals surface area contributed by atoms with Crippen molar-refractivity contribution in [2.45, 2.75) is 6.54 Å². The number of amides is 2. The number of benzene rings is 3. The molecule has 3 aromatic rings. The highest BCUT2D eigenvalue weighted by atomic mass is 79.9. The molecule has 0 bridgehead atoms. The summed E-state index contributed by atoms with van der Waals surface area (Å²) in [7, 11) is 0. The van der Waals surface area contributed by atoms with Crippen molar-refractivity contribution in [2.24, 2.45) is 0 Å². The molecule has 2 amide bonds. The molecule has 0 aliphatic carbocycles. The van der Waals surface area contributed by atoms with Crippen molar-refractivity contribution < 1.29 is 9.59 Å². The summed E-state index contributed by atoms with van der Waals surface area (Å²) in [6.45, 7) is 0.235. The van der Waals surface area contributed by atoms with Crippen LogP contribution in [0.2, 0.25) is 0 Å². The highest BCUT2D eigenvalue weighted by Crippen LogP contribution is 2.31. The van der Waals surface area contributed by atoms with Gasteiger partial charge in [-0.3, -0.25) is 14.5 Å². The van der Waals surface area contributed by atoms with Crippen molar-refractivity contribution in [3.8, 4) is 0 Å². The number of halogens is 1. The molecule has 138 valence electrons. The molecule has 0 spiro atoms. The molecule has 1 heterocycles. The molecule has 1 aliphatic rings. The minimum Gasteiger partial charge on any atom is -0.350 e. The van der Waals surface area contributed by atoms with Gasteiger partial charge < -0.3 is 5.32 Å². The van der Waals surface area contributed by atoms with Gasteiger partial charge in [0, 0.05) is 10.2 Å². The number of rotatable bonds is 5. The van der Waals surface area contributed by atoms with Crippen LogP contribution >= 0.6 is 15.9 Å². The first kappa shape index (κ1) is 18.2. The van der Waals surface area contributed by atoms with Gasteiger partial charge in [0.15, 0.2) is 0 Å². The van der Waals surface area contributed by atoms with Crippen molar-refractivity contribution in [3.05, 3.63) is 106 Å². The maximum absolute atomic E-state index is 13.2. The summed E-state index contributed by atoms with van der Waals surface area (Å²) in [5.41, 5.74) is 3.04. The lowest BCUT2D eigenvalue weighted by molar-refractivity contribution is -0.137. The quantitative estimate of drug-likeness (QED) is 0.586. The predicted molar refractivity (Wildman–Crippen MR) is 113 cm³/mol. The van der Waals surface area contributed by atoms with Crippen molar-refractivity contribution >= 4 is 39.0 Å². The maximum Gasteiger partial charge on any atom is 0.278 e. The largest absolute Gasteiger partial charge is 0.350 e. The second-order valence-electron chi connectivity index (χ2n) is 6.43. The van der Waals surface area contributed by atoms with E-state index in [9.17, 15) is 9.59 Å². The average molecular weight is 433 g/mol. The molecule has 0 unspecified atom stereocenters. The molecule has 1 aliphatic heterocycles. The predicted octanol–water partition coefficient (Wildman–Crippen LogP) is 4.84. The molecule has 0 aromatic heterocycles. The molecular formula is C23H17BrN2O2. The first-order valence-corrected chi connectivity index (χ1v) is 9.65. The Kier molecular flexibility index (Phi) is 5.08. The van der Waals surface area contributed by atoms with E-state index in [1.807, 2.05) is 84.9 Å². The van der Waals surface area contributed by atoms with Crippen LogP contribution in [0.4, 0.5) is 5.69 Å². The smallest absolute Gasteiger partial charge is 0.278 e. The van der Waals surface area contributed by atoms with Crippen molar-refractivity contribution in [1.82, 2.24) is 4.90 Å². The Hall–Kier alpha value is -3.18. The Bertz CT molecular complexity index is 1060. The van der Waals surface area contributed by atoms with Gasteiger partial charge in [0.1, 0.15) is 5.70 Å². The number of hydrogen-bond donors (Lipinski definition) is 1. The van der Waals surface area contributed by atoms with Crippen molar-refractivity contribution in [2.75, 3.05) is 5.32 Å². The third kappa shape index (κ3) is 3.62. The number of nitrogens with one attached hydrogen (secondary N) is 1. The molecule has 0 saturated heterocycles. The molecule has 0 radical (unpaired) electrons. The fourth-order valence-corrected chi connectivity index (χ4v) is 3.58. The summed E-state index contributed by atoms with van der Waals surface area (Å²) in [5.74, 6) is -0.620. The van der Waals surface area contributed by atoms with E-state index in [0.717, 1.165) is 15.7 Å². The molecule has 28 heavy (non-hydrogen) atoms. The average Bonchev–Trinajstić information content (AvgIpc) is 2.94. The van der Waals surface area contributed by atoms with Crippen LogP contribution in [0.15, 0.2) is 95.1 Å². The second kappa shape index (κ2) is 7.82. The number of carbonyl (C=O) groups excluding carboxylic acids is 2. The first-order chi connectivity index (χ1) is 13.6. The summed E-state index contributed by atoms with van der Waals surface area (Å²) in [5, 5.41) is 3.16. The molecule has 4 rings (SSSR count). The SMILES string of the molecule is O=C1C(Nc2cccc(Br)c2)=C(c2ccccc2)C(=O)N1Cc1ccccc1. The van der Waals surface area contributed by atoms with E-state index in [2.05, 4.69) is 21.2 Å². The van der Waals surface area contributed by atoms with Crippen molar-refractivity contribution in [3.63, 3.8) is 0 Å². The molecular weight excluding hydrogens is 416 g/mol. The summed E-state index contributed by atoms with van der Waals surface area (Å²) >= 11 is 3.44. The monoisotopic (exact) mass is 432 g/mol. The van der Waals surface area contributed by atoms with E-state index in [1.54, 1.807) is 0 Å². The zero-order valence-electron chi connectivity index (χ0n) is 14.9. The second-order valence-corrected chi connectivity index (χ2v) is 7.35. The number of anilines is 1. The van der Waals surface area contributed by atoms with Crippen LogP contribution in [0.1, 0.15) is 11.1 Å². The van der Waals surface area contributed by atoms with Gasteiger partial charge in [0.25, 0.3) is 11.8 Å². The summed E-state index contributed by atoms with van der Waals surface area (Å²) in [6.07, 6.45) is 0. The lowest BCUT2D eigenvalue weighted by atomic mass is 10.0. The van der Waals surface area contributed by atoms with Crippen LogP contribution in [-0.2, 0) is 16.1 Å². The maximum atomic E-state index is 13.2. The number of carbonyl (C=O) groups is 2. The van der Waals surface area contributed by atoms with E-state index < -0.39 is 0 Å². The lowest BCUT2D eigenvalue weighted by Gasteiger charge is -2.15. The standard InChI is InChI=1S/C23H17BrN2O2/c24-18-12-7-13-19(14-18)25-21-20(17-10-5-2-6-11-17)22(27)26(23(21)28)15-16-8-3-1-4-9-16/h1-14,25H,15H2. The Morgan fingerprint density at radius 2 is 1.46 bits per heavy atom. The molecule has 0 fully saturated rings. The third-order valence-electron chi connectivity index (χ3n) is 4.51. The Labute approximate surface area is 171 Å². The van der Waals surface area contributed by atoms with Gasteiger partial charge in [0.05, 0.1) is 12.1 Å². The Balaban J connectivity index is 1.74. The molecule has 0 atom stereocenters. The van der Waals surface area contributed by atoms with Gasteiger partial charge in [-0.2, -0.15) is 0 Å². The van der Waals surface area contributed by atoms with Crippen LogP contribution in [0.25, 0.3) is 5.57 Å². The third-order valence-corrected chi connectivity index (χ3v) is 5.00. The van der Waals surface area contributed by atoms with Gasteiger partial charge in [-0.15, -0.1) is 0 Å². The van der Waals surface area contributed by atoms with Gasteiger partial charge >= 0.3 is 0 Å². The minimum absolute atomic E-state index is 0.235. The zero-order chi connectivity index (χ0) is 19.5. The van der Waals surface area contributed by atoms with Crippen LogP contribution in [-0.4, -0.2) is 16.7 Å². The summed E-state index contributed by atoms with van der Waals surface area (Å²) < 4.78 is 0.886. The minimum atomic E-state index is -0.326. The fraction of sp³-hybridized carbons (Fsp3) is 0.0435. The number of hydrogen-bond acceptors (Lipinski definition) is 3. The zero-order valence-corrected chi connectivity index (χ0v) is 16.5. The molecule has 5 heteroatoms. The number of nitrogens with zero attached hydrogens (tertiary/aromatic N) is 1. The first-order valence-electron chi connectivity index (χ1n) is 8.86. The Morgan fingerprint density at radius 1 is 0.786 bits per heavy atom. The highest BCUT2D eigenvalue weighted by molar-refractivity contribution is 9.10. The lowest BCUT2D eigenvalue weighted by Crippen LogP contribution is -2.31. The number of imide groups is 1. The van der Waals surface area contributed by atoms with E-state index >= 15 is 0 Å². The van der Waals surface area contributed by atoms with E-state index in [0.29, 0.717) is 16.8 Å². The normalized spacial score (nSPS) is 14.0. The summed E-state index contributed by atoms with van der Waals surface area (Å²) in [6, 6.07) is 26.3. The van der Waals surface area contributed by atoms with Crippen LogP contribution in [0, 0.1) is 0 Å². The van der Waals surface area contributed by atoms with E-state index in [1.165, 1.54) is 4.90 Å². The summed E-state index contributed by atoms with van der Waals surface area (Å²) in [4.78, 5) is 27.6. The van der Waals surface area contributed by atoms with E-state index in [-0.39, 0.29) is 18.4 Å². The van der Waals surface area contributed by atoms with Gasteiger partial charge in [-0.1, -0.05) is 82.7 Å². The fourth-order valence-electron chi connectivity index (χ4n) is 3.18. The molecule has 1 N–H and O–H groups in total. The van der Waals surface area contributed by atoms with E-state index in [4.69, 9.17) is 0 Å². The van der Waals surface area contributed by atoms with Crippen LogP contribution in [0.3, 0.4) is 0 Å². The van der Waals surface area contributed by atoms with Gasteiger partial charge in [-0.05, 0) is 29.3 Å². The Morgan fingerprint density at radius 3 is 2.14 bits per heavy atom.